The molecule has 1 unspecified atom stereocenters. The predicted molar refractivity (Wildman–Crippen MR) is 100 cm³/mol. The van der Waals surface area contributed by atoms with E-state index >= 15 is 0 Å². The van der Waals surface area contributed by atoms with Crippen LogP contribution in [0.15, 0.2) is 36.4 Å². The van der Waals surface area contributed by atoms with Crippen LogP contribution in [-0.4, -0.2) is 48.6 Å². The molecule has 3 aromatic rings. The van der Waals surface area contributed by atoms with Gasteiger partial charge in [0, 0.05) is 31.1 Å². The summed E-state index contributed by atoms with van der Waals surface area (Å²) in [4.78, 5) is 4.61. The Bertz CT molecular complexity index is 901. The van der Waals surface area contributed by atoms with Crippen molar-refractivity contribution in [2.45, 2.75) is 0 Å². The van der Waals surface area contributed by atoms with Gasteiger partial charge in [0.05, 0.1) is 35.8 Å². The molecule has 3 rings (SSSR count). The second-order valence-corrected chi connectivity index (χ2v) is 5.78. The van der Waals surface area contributed by atoms with Crippen molar-refractivity contribution in [3.63, 3.8) is 0 Å². The summed E-state index contributed by atoms with van der Waals surface area (Å²) in [5.74, 6) is 0.674. The average molecular weight is 358 g/mol. The number of nitrogens with zero attached hydrogens (tertiary/aromatic N) is 1. The van der Waals surface area contributed by atoms with Crippen molar-refractivity contribution in [1.82, 2.24) is 10.3 Å². The quantitative estimate of drug-likeness (QED) is 0.230. The third-order valence-electron chi connectivity index (χ3n) is 4.13. The van der Waals surface area contributed by atoms with Gasteiger partial charge >= 0.3 is 0 Å². The van der Waals surface area contributed by atoms with Crippen molar-refractivity contribution in [2.75, 3.05) is 38.7 Å². The number of fused-ring (bicyclic) bond motifs is 2. The molecule has 0 radical (unpaired) electrons. The topological polar surface area (TPSA) is 114 Å². The van der Waals surface area contributed by atoms with E-state index < -0.39 is 5.23 Å². The first-order valence-corrected chi connectivity index (χ1v) is 8.35. The Hall–Kier alpha value is -2.49. The molecule has 0 aliphatic heterocycles. The zero-order chi connectivity index (χ0) is 18.5. The number of quaternary nitrogens is 1. The summed E-state index contributed by atoms with van der Waals surface area (Å²) in [7, 11) is 1.59. The van der Waals surface area contributed by atoms with E-state index in [9.17, 15) is 10.4 Å². The highest BCUT2D eigenvalue weighted by molar-refractivity contribution is 6.11. The monoisotopic (exact) mass is 358 g/mol. The molecule has 8 nitrogen and oxygen atoms in total. The molecular weight excluding hydrogens is 336 g/mol. The van der Waals surface area contributed by atoms with Crippen LogP contribution >= 0.6 is 0 Å². The van der Waals surface area contributed by atoms with Crippen molar-refractivity contribution in [1.29, 1.82) is 0 Å². The van der Waals surface area contributed by atoms with Gasteiger partial charge in [-0.1, -0.05) is 6.07 Å². The molecule has 0 saturated heterocycles. The van der Waals surface area contributed by atoms with Crippen LogP contribution in [-0.2, 0) is 0 Å². The number of anilines is 1. The zero-order valence-corrected chi connectivity index (χ0v) is 14.5. The van der Waals surface area contributed by atoms with Crippen LogP contribution < -0.4 is 20.6 Å². The number of aliphatic hydroxyl groups excluding tert-OH is 1. The Morgan fingerprint density at radius 1 is 1.15 bits per heavy atom. The number of benzene rings is 2. The molecule has 8 heteroatoms. The highest BCUT2D eigenvalue weighted by atomic mass is 16.8. The van der Waals surface area contributed by atoms with Crippen LogP contribution in [0.5, 0.6) is 5.75 Å². The lowest BCUT2D eigenvalue weighted by atomic mass is 10.1. The molecule has 0 saturated carbocycles. The summed E-state index contributed by atoms with van der Waals surface area (Å²) in [6.07, 6.45) is 0. The molecule has 1 heterocycles. The fourth-order valence-corrected chi connectivity index (χ4v) is 2.94. The summed E-state index contributed by atoms with van der Waals surface area (Å²) in [5.41, 5.74) is 2.29. The molecule has 0 aliphatic rings. The zero-order valence-electron chi connectivity index (χ0n) is 14.5. The molecule has 26 heavy (non-hydrogen) atoms. The fraction of sp³-hybridized carbons (Fsp3) is 0.278. The van der Waals surface area contributed by atoms with Crippen LogP contribution in [0.4, 0.5) is 11.4 Å². The van der Waals surface area contributed by atoms with Gasteiger partial charge in [-0.2, -0.15) is 5.23 Å². The van der Waals surface area contributed by atoms with E-state index in [4.69, 9.17) is 9.84 Å². The fourth-order valence-electron chi connectivity index (χ4n) is 2.94. The predicted octanol–water partition coefficient (Wildman–Crippen LogP) is 0.794. The van der Waals surface area contributed by atoms with Gasteiger partial charge in [0.15, 0.2) is 5.69 Å². The molecule has 1 aromatic heterocycles. The van der Waals surface area contributed by atoms with Crippen molar-refractivity contribution in [2.24, 2.45) is 0 Å². The maximum Gasteiger partial charge on any atom is 0.175 e. The number of nitrogens with one attached hydrogen (secondary N) is 3. The first kappa shape index (κ1) is 18.3. The number of hydrogen-bond donors (Lipinski definition) is 5. The number of ether oxygens (including phenoxy) is 1. The Kier molecular flexibility index (Phi) is 5.82. The molecule has 138 valence electrons. The Morgan fingerprint density at radius 2 is 2.00 bits per heavy atom. The first-order valence-electron chi connectivity index (χ1n) is 8.35. The average Bonchev–Trinajstić information content (AvgIpc) is 2.66. The van der Waals surface area contributed by atoms with Crippen LogP contribution in [0.3, 0.4) is 0 Å². The molecule has 5 N–H and O–H groups in total. The second kappa shape index (κ2) is 8.26. The van der Waals surface area contributed by atoms with E-state index in [-0.39, 0.29) is 12.3 Å². The Labute approximate surface area is 150 Å². The Balaban J connectivity index is 2.14. The smallest absolute Gasteiger partial charge is 0.175 e. The van der Waals surface area contributed by atoms with Crippen molar-refractivity contribution in [3.05, 3.63) is 41.6 Å². The lowest BCUT2D eigenvalue weighted by molar-refractivity contribution is -0.990. The van der Waals surface area contributed by atoms with E-state index in [0.29, 0.717) is 42.0 Å². The van der Waals surface area contributed by atoms with Crippen molar-refractivity contribution < 1.29 is 20.3 Å². The standard InChI is InChI=1S/C18H22N4O4/c1-26-12-5-6-14-13(11-12)18(20-8-7-19-9-10-23)17-15(21-14)3-2-4-16(17)22(24)25/h2-6,11,19,22-24H,7-10H2,1H3,(H,20,21). The molecule has 1 atom stereocenters. The van der Waals surface area contributed by atoms with E-state index in [2.05, 4.69) is 15.6 Å². The number of methoxy groups -OCH3 is 1. The van der Waals surface area contributed by atoms with Gasteiger partial charge < -0.3 is 25.7 Å². The summed E-state index contributed by atoms with van der Waals surface area (Å²) in [5, 5.41) is 37.0. The summed E-state index contributed by atoms with van der Waals surface area (Å²) >= 11 is 0. The summed E-state index contributed by atoms with van der Waals surface area (Å²) < 4.78 is 5.31. The molecule has 0 bridgehead atoms. The summed E-state index contributed by atoms with van der Waals surface area (Å²) in [6, 6.07) is 10.6. The van der Waals surface area contributed by atoms with E-state index in [1.165, 1.54) is 0 Å². The maximum atomic E-state index is 11.7. The summed E-state index contributed by atoms with van der Waals surface area (Å²) in [6.45, 7) is 1.78. The van der Waals surface area contributed by atoms with Crippen LogP contribution in [0.1, 0.15) is 0 Å². The van der Waals surface area contributed by atoms with Crippen LogP contribution in [0, 0.1) is 5.21 Å². The number of hydrogen-bond acceptors (Lipinski definition) is 7. The minimum absolute atomic E-state index is 0.0709. The van der Waals surface area contributed by atoms with Gasteiger partial charge in [-0.05, 0) is 24.3 Å². The minimum atomic E-state index is -0.999. The Morgan fingerprint density at radius 3 is 2.73 bits per heavy atom. The number of aromatic nitrogens is 1. The van der Waals surface area contributed by atoms with E-state index in [0.717, 1.165) is 10.9 Å². The van der Waals surface area contributed by atoms with Gasteiger partial charge in [-0.15, -0.1) is 0 Å². The van der Waals surface area contributed by atoms with E-state index in [1.54, 1.807) is 25.3 Å². The third kappa shape index (κ3) is 3.69. The highest BCUT2D eigenvalue weighted by Gasteiger charge is 2.16. The highest BCUT2D eigenvalue weighted by Crippen LogP contribution is 2.35. The third-order valence-corrected chi connectivity index (χ3v) is 4.13. The largest absolute Gasteiger partial charge is 0.595 e. The van der Waals surface area contributed by atoms with Gasteiger partial charge in [0.2, 0.25) is 0 Å². The SMILES string of the molecule is COc1ccc2nc3cccc([NH+]([O-])O)c3c(NCCNCCO)c2c1. The van der Waals surface area contributed by atoms with Gasteiger partial charge in [0.1, 0.15) is 5.75 Å². The maximum absolute atomic E-state index is 11.7. The minimum Gasteiger partial charge on any atom is -0.595 e. The first-order chi connectivity index (χ1) is 12.7. The molecular formula is C18H22N4O4. The van der Waals surface area contributed by atoms with E-state index in [1.807, 2.05) is 18.2 Å². The second-order valence-electron chi connectivity index (χ2n) is 5.78. The molecule has 0 aliphatic carbocycles. The lowest BCUT2D eigenvalue weighted by Crippen LogP contribution is -2.99. The molecule has 0 amide bonds. The number of aliphatic hydroxyl groups is 1. The van der Waals surface area contributed by atoms with Gasteiger partial charge in [-0.25, -0.2) is 10.2 Å². The van der Waals surface area contributed by atoms with Gasteiger partial charge in [0.25, 0.3) is 0 Å². The van der Waals surface area contributed by atoms with Crippen molar-refractivity contribution >= 4 is 33.2 Å². The van der Waals surface area contributed by atoms with Crippen LogP contribution in [0.25, 0.3) is 21.8 Å². The van der Waals surface area contributed by atoms with Gasteiger partial charge in [-0.3, -0.25) is 0 Å². The molecule has 0 spiro atoms. The lowest BCUT2D eigenvalue weighted by Gasteiger charge is -2.19. The molecule has 0 fully saturated rings. The number of rotatable bonds is 8. The van der Waals surface area contributed by atoms with Crippen molar-refractivity contribution in [3.8, 4) is 5.75 Å². The normalized spacial score (nSPS) is 12.5. The van der Waals surface area contributed by atoms with Crippen LogP contribution in [0.2, 0.25) is 0 Å². The number of pyridine rings is 1. The molecule has 2 aromatic carbocycles.